The van der Waals surface area contributed by atoms with Gasteiger partial charge in [-0.3, -0.25) is 4.98 Å². The van der Waals surface area contributed by atoms with Crippen molar-refractivity contribution in [2.45, 2.75) is 0 Å². The van der Waals surface area contributed by atoms with Gasteiger partial charge in [0.15, 0.2) is 0 Å². The van der Waals surface area contributed by atoms with Crippen molar-refractivity contribution < 1.29 is 18.9 Å². The molecule has 2 nitrogen and oxygen atoms in total. The van der Waals surface area contributed by atoms with Gasteiger partial charge in [-0.15, -0.1) is 0 Å². The Morgan fingerprint density at radius 1 is 1.11 bits per heavy atom. The number of halogens is 1. The first-order chi connectivity index (χ1) is 8.34. The van der Waals surface area contributed by atoms with Crippen LogP contribution in [0.2, 0.25) is 0 Å². The first-order valence-corrected chi connectivity index (χ1v) is 6.02. The zero-order valence-corrected chi connectivity index (χ0v) is 11.5. The van der Waals surface area contributed by atoms with Crippen LogP contribution in [0.5, 0.6) is 0 Å². The first kappa shape index (κ1) is 13.3. The molecule has 0 N–H and O–H groups in total. The summed E-state index contributed by atoms with van der Waals surface area (Å²) >= 11 is 3.42. The molecule has 0 amide bonds. The Kier molecular flexibility index (Phi) is 4.18. The predicted molar refractivity (Wildman–Crippen MR) is 71.5 cm³/mol. The average Bonchev–Trinajstić information content (AvgIpc) is 2.39. The minimum absolute atomic E-state index is 0. The first-order valence-electron chi connectivity index (χ1n) is 5.23. The van der Waals surface area contributed by atoms with Gasteiger partial charge in [0.1, 0.15) is 4.60 Å². The van der Waals surface area contributed by atoms with E-state index in [0.717, 1.165) is 26.8 Å². The third kappa shape index (κ3) is 2.49. The van der Waals surface area contributed by atoms with Crippen molar-refractivity contribution in [2.24, 2.45) is 0 Å². The van der Waals surface area contributed by atoms with Crippen LogP contribution in [0.1, 0.15) is 0 Å². The Balaban J connectivity index is 0.00000120. The van der Waals surface area contributed by atoms with E-state index in [2.05, 4.69) is 44.1 Å². The van der Waals surface area contributed by atoms with Gasteiger partial charge in [0.25, 0.3) is 0 Å². The van der Waals surface area contributed by atoms with Gasteiger partial charge in [0.05, 0.1) is 0 Å². The molecule has 3 rings (SSSR count). The van der Waals surface area contributed by atoms with Crippen LogP contribution in [0, 0.1) is 6.07 Å². The summed E-state index contributed by atoms with van der Waals surface area (Å²) in [5, 5.41) is 0. The standard InChI is InChI=1S/C14H8BrN2.Li/c15-13-9-11(10-5-2-1-3-6-10)14-12(17-13)7-4-8-16-14;/h1-6,8-9H;/q-1;+1. The summed E-state index contributed by atoms with van der Waals surface area (Å²) in [6.07, 6.45) is 1.74. The van der Waals surface area contributed by atoms with Gasteiger partial charge in [-0.2, -0.15) is 12.1 Å². The van der Waals surface area contributed by atoms with Crippen molar-refractivity contribution >= 4 is 27.0 Å². The maximum Gasteiger partial charge on any atom is 1.00 e. The van der Waals surface area contributed by atoms with Gasteiger partial charge in [-0.05, 0) is 44.2 Å². The van der Waals surface area contributed by atoms with Crippen molar-refractivity contribution in [2.75, 3.05) is 0 Å². The van der Waals surface area contributed by atoms with E-state index in [1.807, 2.05) is 24.3 Å². The molecule has 4 heteroatoms. The van der Waals surface area contributed by atoms with Crippen LogP contribution in [0.15, 0.2) is 53.3 Å². The predicted octanol–water partition coefficient (Wildman–Crippen LogP) is 0.863. The molecule has 0 fully saturated rings. The molecule has 0 radical (unpaired) electrons. The molecule has 0 bridgehead atoms. The Morgan fingerprint density at radius 3 is 2.67 bits per heavy atom. The molecular formula is C14H8BrLiN2. The van der Waals surface area contributed by atoms with E-state index in [4.69, 9.17) is 0 Å². The molecule has 82 valence electrons. The Labute approximate surface area is 126 Å². The number of rotatable bonds is 1. The van der Waals surface area contributed by atoms with Crippen molar-refractivity contribution in [3.05, 3.63) is 59.3 Å². The number of hydrogen-bond acceptors (Lipinski definition) is 2. The zero-order valence-electron chi connectivity index (χ0n) is 9.89. The smallest absolute Gasteiger partial charge is 0.381 e. The number of pyridine rings is 2. The Bertz CT molecular complexity index is 671. The zero-order chi connectivity index (χ0) is 11.7. The van der Waals surface area contributed by atoms with Crippen LogP contribution >= 0.6 is 15.9 Å². The fourth-order valence-corrected chi connectivity index (χ4v) is 2.21. The minimum Gasteiger partial charge on any atom is -0.381 e. The van der Waals surface area contributed by atoms with Crippen molar-refractivity contribution in [1.29, 1.82) is 0 Å². The second-order valence-electron chi connectivity index (χ2n) is 3.64. The van der Waals surface area contributed by atoms with E-state index in [1.54, 1.807) is 12.3 Å². The monoisotopic (exact) mass is 290 g/mol. The summed E-state index contributed by atoms with van der Waals surface area (Å²) < 4.78 is 0.799. The van der Waals surface area contributed by atoms with Crippen LogP contribution < -0.4 is 18.9 Å². The molecule has 3 aromatic rings. The molecule has 1 aromatic carbocycles. The van der Waals surface area contributed by atoms with Crippen LogP contribution in [0.4, 0.5) is 0 Å². The molecule has 0 aliphatic carbocycles. The molecule has 2 aromatic heterocycles. The average molecular weight is 291 g/mol. The maximum absolute atomic E-state index is 4.38. The molecule has 0 atom stereocenters. The van der Waals surface area contributed by atoms with E-state index >= 15 is 0 Å². The van der Waals surface area contributed by atoms with Gasteiger partial charge < -0.3 is 4.98 Å². The van der Waals surface area contributed by atoms with E-state index in [-0.39, 0.29) is 18.9 Å². The van der Waals surface area contributed by atoms with Crippen molar-refractivity contribution in [3.63, 3.8) is 0 Å². The summed E-state index contributed by atoms with van der Waals surface area (Å²) in [5.74, 6) is 0. The van der Waals surface area contributed by atoms with Gasteiger partial charge >= 0.3 is 18.9 Å². The fraction of sp³-hybridized carbons (Fsp3) is 0. The molecule has 0 spiro atoms. The molecule has 0 unspecified atom stereocenters. The Hall–Kier alpha value is -1.14. The summed E-state index contributed by atoms with van der Waals surface area (Å²) in [4.78, 5) is 8.74. The van der Waals surface area contributed by atoms with E-state index in [1.165, 1.54) is 0 Å². The normalized spacial score (nSPS) is 10.1. The summed E-state index contributed by atoms with van der Waals surface area (Å²) in [6, 6.07) is 17.0. The number of hydrogen-bond donors (Lipinski definition) is 0. The minimum atomic E-state index is 0. The third-order valence-electron chi connectivity index (χ3n) is 2.54. The Morgan fingerprint density at radius 2 is 1.89 bits per heavy atom. The molecule has 2 heterocycles. The van der Waals surface area contributed by atoms with Crippen LogP contribution in [0.3, 0.4) is 0 Å². The summed E-state index contributed by atoms with van der Waals surface area (Å²) in [7, 11) is 0. The van der Waals surface area contributed by atoms with E-state index in [0.29, 0.717) is 0 Å². The maximum atomic E-state index is 4.38. The molecule has 18 heavy (non-hydrogen) atoms. The number of fused-ring (bicyclic) bond motifs is 1. The van der Waals surface area contributed by atoms with Crippen LogP contribution in [-0.4, -0.2) is 9.97 Å². The number of nitrogens with zero attached hydrogens (tertiary/aromatic N) is 2. The van der Waals surface area contributed by atoms with Crippen LogP contribution in [-0.2, 0) is 0 Å². The van der Waals surface area contributed by atoms with Gasteiger partial charge in [0, 0.05) is 0 Å². The molecular weight excluding hydrogens is 283 g/mol. The second-order valence-corrected chi connectivity index (χ2v) is 4.46. The van der Waals surface area contributed by atoms with Gasteiger partial charge in [-0.25, -0.2) is 0 Å². The van der Waals surface area contributed by atoms with Gasteiger partial charge in [-0.1, -0.05) is 36.5 Å². The molecule has 0 aliphatic rings. The third-order valence-corrected chi connectivity index (χ3v) is 2.95. The summed E-state index contributed by atoms with van der Waals surface area (Å²) in [5.41, 5.74) is 3.86. The topological polar surface area (TPSA) is 25.8 Å². The van der Waals surface area contributed by atoms with Crippen molar-refractivity contribution in [3.8, 4) is 11.1 Å². The van der Waals surface area contributed by atoms with Crippen LogP contribution in [0.25, 0.3) is 22.2 Å². The van der Waals surface area contributed by atoms with E-state index in [9.17, 15) is 0 Å². The summed E-state index contributed by atoms with van der Waals surface area (Å²) in [6.45, 7) is 0. The molecule has 0 saturated heterocycles. The second kappa shape index (κ2) is 5.67. The largest absolute Gasteiger partial charge is 1.00 e. The van der Waals surface area contributed by atoms with Crippen molar-refractivity contribution in [1.82, 2.24) is 9.97 Å². The molecule has 0 aliphatic heterocycles. The number of benzene rings is 1. The number of aromatic nitrogens is 2. The fourth-order valence-electron chi connectivity index (χ4n) is 1.80. The van der Waals surface area contributed by atoms with Gasteiger partial charge in [0.2, 0.25) is 0 Å². The van der Waals surface area contributed by atoms with E-state index < -0.39 is 0 Å². The quantitative estimate of drug-likeness (QED) is 0.377. The molecule has 0 saturated carbocycles. The SMILES string of the molecule is Brc1cc(-c2ccccc2)c2ncc[c-]c2n1.[Li+].